The maximum Gasteiger partial charge on any atom is 0.248 e. The molecule has 0 bridgehead atoms. The van der Waals surface area contributed by atoms with Crippen LogP contribution in [0.15, 0.2) is 36.4 Å². The Labute approximate surface area is 123 Å². The lowest BCUT2D eigenvalue weighted by atomic mass is 9.85. The number of hydrogen-bond donors (Lipinski definition) is 2. The van der Waals surface area contributed by atoms with Crippen LogP contribution >= 0.6 is 0 Å². The number of carbonyl (C=O) groups excluding carboxylic acids is 1. The molecule has 1 aliphatic rings. The summed E-state index contributed by atoms with van der Waals surface area (Å²) in [5.41, 5.74) is 7.33. The first-order chi connectivity index (χ1) is 10.2. The topological polar surface area (TPSA) is 80.9 Å². The van der Waals surface area contributed by atoms with Crippen LogP contribution in [-0.4, -0.2) is 22.6 Å². The van der Waals surface area contributed by atoms with Gasteiger partial charge in [-0.1, -0.05) is 18.6 Å². The van der Waals surface area contributed by atoms with Gasteiger partial charge in [0.25, 0.3) is 0 Å². The second kappa shape index (κ2) is 5.91. The Bertz CT molecular complexity index is 635. The minimum Gasteiger partial charge on any atom is -0.368 e. The Balaban J connectivity index is 1.70. The number of primary amides is 1. The molecule has 5 heteroatoms. The number of hydrogen-bond acceptors (Lipinski definition) is 4. The van der Waals surface area contributed by atoms with Gasteiger partial charge in [-0.2, -0.15) is 0 Å². The van der Waals surface area contributed by atoms with E-state index in [-0.39, 0.29) is 0 Å². The van der Waals surface area contributed by atoms with Gasteiger partial charge in [-0.3, -0.25) is 4.79 Å². The fourth-order valence-electron chi connectivity index (χ4n) is 2.36. The van der Waals surface area contributed by atoms with E-state index in [1.165, 1.54) is 19.3 Å². The van der Waals surface area contributed by atoms with E-state index in [0.29, 0.717) is 5.56 Å². The number of carbonyl (C=O) groups is 1. The smallest absolute Gasteiger partial charge is 0.248 e. The SMILES string of the molecule is NC(=O)c1cccc(-c2ccc(NCC3CCC3)nn2)c1. The van der Waals surface area contributed by atoms with E-state index in [9.17, 15) is 4.79 Å². The van der Waals surface area contributed by atoms with Gasteiger partial charge < -0.3 is 11.1 Å². The first kappa shape index (κ1) is 13.5. The van der Waals surface area contributed by atoms with E-state index in [0.717, 1.165) is 29.5 Å². The van der Waals surface area contributed by atoms with E-state index in [1.807, 2.05) is 18.2 Å². The Morgan fingerprint density at radius 3 is 2.71 bits per heavy atom. The molecule has 108 valence electrons. The molecule has 1 aliphatic carbocycles. The number of nitrogens with one attached hydrogen (secondary N) is 1. The third-order valence-corrected chi connectivity index (χ3v) is 3.90. The number of rotatable bonds is 5. The molecular weight excluding hydrogens is 264 g/mol. The van der Waals surface area contributed by atoms with Gasteiger partial charge >= 0.3 is 0 Å². The summed E-state index contributed by atoms with van der Waals surface area (Å²) in [6.45, 7) is 0.963. The van der Waals surface area contributed by atoms with Crippen molar-refractivity contribution in [1.82, 2.24) is 10.2 Å². The zero-order valence-electron chi connectivity index (χ0n) is 11.7. The minimum absolute atomic E-state index is 0.441. The molecule has 1 fully saturated rings. The predicted molar refractivity (Wildman–Crippen MR) is 81.8 cm³/mol. The highest BCUT2D eigenvalue weighted by atomic mass is 16.1. The molecular formula is C16H18N4O. The third-order valence-electron chi connectivity index (χ3n) is 3.90. The van der Waals surface area contributed by atoms with Gasteiger partial charge in [-0.25, -0.2) is 0 Å². The largest absolute Gasteiger partial charge is 0.368 e. The first-order valence-corrected chi connectivity index (χ1v) is 7.20. The number of nitrogens with zero attached hydrogens (tertiary/aromatic N) is 2. The van der Waals surface area contributed by atoms with Crippen LogP contribution in [0.2, 0.25) is 0 Å². The summed E-state index contributed by atoms with van der Waals surface area (Å²) in [6.07, 6.45) is 3.95. The van der Waals surface area contributed by atoms with Crippen molar-refractivity contribution >= 4 is 11.7 Å². The van der Waals surface area contributed by atoms with Crippen LogP contribution in [0.4, 0.5) is 5.82 Å². The Morgan fingerprint density at radius 2 is 2.10 bits per heavy atom. The molecule has 0 spiro atoms. The number of benzene rings is 1. The van der Waals surface area contributed by atoms with Gasteiger partial charge in [0, 0.05) is 17.7 Å². The average molecular weight is 282 g/mol. The second-order valence-corrected chi connectivity index (χ2v) is 5.43. The van der Waals surface area contributed by atoms with Gasteiger partial charge in [0.15, 0.2) is 0 Å². The van der Waals surface area contributed by atoms with Crippen LogP contribution in [0.1, 0.15) is 29.6 Å². The summed E-state index contributed by atoms with van der Waals surface area (Å²) >= 11 is 0. The molecule has 5 nitrogen and oxygen atoms in total. The molecule has 2 aromatic rings. The molecule has 0 radical (unpaired) electrons. The van der Waals surface area contributed by atoms with Crippen molar-refractivity contribution in [2.45, 2.75) is 19.3 Å². The number of anilines is 1. The number of amides is 1. The molecule has 1 saturated carbocycles. The Kier molecular flexibility index (Phi) is 3.81. The maximum absolute atomic E-state index is 11.2. The van der Waals surface area contributed by atoms with Crippen molar-refractivity contribution in [1.29, 1.82) is 0 Å². The average Bonchev–Trinajstić information content (AvgIpc) is 2.46. The summed E-state index contributed by atoms with van der Waals surface area (Å²) < 4.78 is 0. The van der Waals surface area contributed by atoms with E-state index in [1.54, 1.807) is 18.2 Å². The zero-order chi connectivity index (χ0) is 14.7. The molecule has 3 N–H and O–H groups in total. The number of aromatic nitrogens is 2. The standard InChI is InChI=1S/C16H18N4O/c17-16(21)13-6-2-5-12(9-13)14-7-8-15(20-19-14)18-10-11-3-1-4-11/h2,5-9,11H,1,3-4,10H2,(H2,17,21)(H,18,20). The normalized spacial score (nSPS) is 14.5. The fraction of sp³-hybridized carbons (Fsp3) is 0.312. The molecule has 0 aliphatic heterocycles. The molecule has 1 aromatic heterocycles. The van der Waals surface area contributed by atoms with E-state index >= 15 is 0 Å². The summed E-state index contributed by atoms with van der Waals surface area (Å²) in [5, 5.41) is 11.7. The minimum atomic E-state index is -0.441. The van der Waals surface area contributed by atoms with E-state index < -0.39 is 5.91 Å². The highest BCUT2D eigenvalue weighted by Gasteiger charge is 2.16. The first-order valence-electron chi connectivity index (χ1n) is 7.20. The predicted octanol–water partition coefficient (Wildman–Crippen LogP) is 2.45. The number of nitrogens with two attached hydrogens (primary N) is 1. The lowest BCUT2D eigenvalue weighted by Crippen LogP contribution is -2.21. The van der Waals surface area contributed by atoms with Gasteiger partial charge in [-0.15, -0.1) is 10.2 Å². The monoisotopic (exact) mass is 282 g/mol. The molecule has 1 heterocycles. The maximum atomic E-state index is 11.2. The molecule has 21 heavy (non-hydrogen) atoms. The second-order valence-electron chi connectivity index (χ2n) is 5.43. The van der Waals surface area contributed by atoms with Crippen LogP contribution in [0.25, 0.3) is 11.3 Å². The quantitative estimate of drug-likeness (QED) is 0.882. The summed E-state index contributed by atoms with van der Waals surface area (Å²) in [4.78, 5) is 11.2. The van der Waals surface area contributed by atoms with Crippen molar-refractivity contribution < 1.29 is 4.79 Å². The van der Waals surface area contributed by atoms with Crippen molar-refractivity contribution in [3.63, 3.8) is 0 Å². The van der Waals surface area contributed by atoms with Crippen molar-refractivity contribution in [3.8, 4) is 11.3 Å². The van der Waals surface area contributed by atoms with E-state index in [4.69, 9.17) is 5.73 Å². The molecule has 3 rings (SSSR count). The zero-order valence-corrected chi connectivity index (χ0v) is 11.7. The lowest BCUT2D eigenvalue weighted by molar-refractivity contribution is 0.100. The van der Waals surface area contributed by atoms with E-state index in [2.05, 4.69) is 15.5 Å². The highest BCUT2D eigenvalue weighted by molar-refractivity contribution is 5.93. The Hall–Kier alpha value is -2.43. The van der Waals surface area contributed by atoms with Gasteiger partial charge in [0.2, 0.25) is 5.91 Å². The van der Waals surface area contributed by atoms with Gasteiger partial charge in [-0.05, 0) is 43.0 Å². The molecule has 0 unspecified atom stereocenters. The third kappa shape index (κ3) is 3.18. The van der Waals surface area contributed by atoms with Crippen LogP contribution in [0.3, 0.4) is 0 Å². The molecule has 0 saturated heterocycles. The summed E-state index contributed by atoms with van der Waals surface area (Å²) in [5.74, 6) is 1.12. The fourth-order valence-corrected chi connectivity index (χ4v) is 2.36. The van der Waals surface area contributed by atoms with Gasteiger partial charge in [0.1, 0.15) is 5.82 Å². The van der Waals surface area contributed by atoms with Crippen molar-refractivity contribution in [3.05, 3.63) is 42.0 Å². The molecule has 1 aromatic carbocycles. The van der Waals surface area contributed by atoms with Crippen LogP contribution < -0.4 is 11.1 Å². The Morgan fingerprint density at radius 1 is 1.24 bits per heavy atom. The van der Waals surface area contributed by atoms with Crippen molar-refractivity contribution in [2.24, 2.45) is 11.7 Å². The summed E-state index contributed by atoms with van der Waals surface area (Å²) in [6, 6.07) is 10.9. The van der Waals surface area contributed by atoms with Gasteiger partial charge in [0.05, 0.1) is 5.69 Å². The summed E-state index contributed by atoms with van der Waals surface area (Å²) in [7, 11) is 0. The molecule has 0 atom stereocenters. The van der Waals surface area contributed by atoms with Crippen LogP contribution in [-0.2, 0) is 0 Å². The highest BCUT2D eigenvalue weighted by Crippen LogP contribution is 2.26. The lowest BCUT2D eigenvalue weighted by Gasteiger charge is -2.25. The van der Waals surface area contributed by atoms with Crippen molar-refractivity contribution in [2.75, 3.05) is 11.9 Å². The van der Waals surface area contributed by atoms with Crippen LogP contribution in [0.5, 0.6) is 0 Å². The van der Waals surface area contributed by atoms with Crippen LogP contribution in [0, 0.1) is 5.92 Å². The molecule has 1 amide bonds.